The van der Waals surface area contributed by atoms with Crippen molar-refractivity contribution < 1.29 is 9.59 Å². The molecule has 0 unspecified atom stereocenters. The van der Waals surface area contributed by atoms with Crippen molar-refractivity contribution >= 4 is 58.2 Å². The minimum absolute atomic E-state index is 0.0399. The van der Waals surface area contributed by atoms with Crippen LogP contribution < -0.4 is 5.32 Å². The number of rotatable bonds is 10. The molecule has 8 heteroatoms. The average Bonchev–Trinajstić information content (AvgIpc) is 2.85. The van der Waals surface area contributed by atoms with E-state index in [1.807, 2.05) is 44.2 Å². The third-order valence-corrected chi connectivity index (χ3v) is 7.29. The molecule has 0 aliphatic rings. The van der Waals surface area contributed by atoms with Gasteiger partial charge in [0.1, 0.15) is 6.04 Å². The van der Waals surface area contributed by atoms with Crippen molar-refractivity contribution in [3.05, 3.63) is 104 Å². The number of hydrogen-bond donors (Lipinski definition) is 1. The molecular weight excluding hydrogens is 538 g/mol. The molecule has 0 heterocycles. The summed E-state index contributed by atoms with van der Waals surface area (Å²) in [5.41, 5.74) is 2.33. The van der Waals surface area contributed by atoms with Gasteiger partial charge < -0.3 is 10.2 Å². The van der Waals surface area contributed by atoms with Crippen molar-refractivity contribution in [3.63, 3.8) is 0 Å². The summed E-state index contributed by atoms with van der Waals surface area (Å²) in [6.45, 7) is 4.08. The first-order valence-corrected chi connectivity index (χ1v) is 13.2. The van der Waals surface area contributed by atoms with E-state index in [1.54, 1.807) is 41.3 Å². The molecule has 0 aliphatic heterocycles. The molecule has 0 bridgehead atoms. The summed E-state index contributed by atoms with van der Waals surface area (Å²) in [5.74, 6) is -0.458. The number of amides is 2. The molecule has 2 amide bonds. The summed E-state index contributed by atoms with van der Waals surface area (Å²) in [6.07, 6.45) is 1.16. The SMILES string of the molecule is CC[C@@H](C)NC(=O)[C@H](Cc1ccccc1)N(Cc1ccc(Cl)cc1Cl)C(=O)Cc1ccc(Cl)c(Cl)c1. The van der Waals surface area contributed by atoms with Crippen LogP contribution in [0.3, 0.4) is 0 Å². The second-order valence-electron chi connectivity index (χ2n) is 8.71. The van der Waals surface area contributed by atoms with Crippen LogP contribution in [0.15, 0.2) is 66.7 Å². The van der Waals surface area contributed by atoms with Gasteiger partial charge in [-0.2, -0.15) is 0 Å². The number of nitrogens with one attached hydrogen (secondary N) is 1. The molecule has 0 fully saturated rings. The summed E-state index contributed by atoms with van der Waals surface area (Å²) >= 11 is 24.8. The van der Waals surface area contributed by atoms with E-state index in [4.69, 9.17) is 46.4 Å². The van der Waals surface area contributed by atoms with Gasteiger partial charge in [-0.25, -0.2) is 0 Å². The fraction of sp³-hybridized carbons (Fsp3) is 0.286. The smallest absolute Gasteiger partial charge is 0.243 e. The molecule has 2 atom stereocenters. The van der Waals surface area contributed by atoms with Crippen molar-refractivity contribution in [2.24, 2.45) is 0 Å². The Bertz CT molecular complexity index is 1200. The van der Waals surface area contributed by atoms with Crippen LogP contribution in [0.5, 0.6) is 0 Å². The maximum atomic E-state index is 13.8. The van der Waals surface area contributed by atoms with Crippen molar-refractivity contribution in [2.75, 3.05) is 0 Å². The fourth-order valence-corrected chi connectivity index (χ4v) is 4.54. The molecule has 0 saturated carbocycles. The zero-order valence-electron chi connectivity index (χ0n) is 20.1. The van der Waals surface area contributed by atoms with Gasteiger partial charge >= 0.3 is 0 Å². The van der Waals surface area contributed by atoms with Gasteiger partial charge in [0.15, 0.2) is 0 Å². The van der Waals surface area contributed by atoms with Gasteiger partial charge in [-0.05, 0) is 54.3 Å². The Balaban J connectivity index is 2.01. The average molecular weight is 566 g/mol. The summed E-state index contributed by atoms with van der Waals surface area (Å²) in [4.78, 5) is 28.9. The highest BCUT2D eigenvalue weighted by molar-refractivity contribution is 6.42. The van der Waals surface area contributed by atoms with Gasteiger partial charge in [0.2, 0.25) is 11.8 Å². The van der Waals surface area contributed by atoms with Gasteiger partial charge in [-0.3, -0.25) is 9.59 Å². The molecule has 3 aromatic rings. The lowest BCUT2D eigenvalue weighted by atomic mass is 10.0. The predicted molar refractivity (Wildman–Crippen MR) is 149 cm³/mol. The van der Waals surface area contributed by atoms with Crippen LogP contribution in [0.4, 0.5) is 0 Å². The van der Waals surface area contributed by atoms with Gasteiger partial charge in [-0.15, -0.1) is 0 Å². The van der Waals surface area contributed by atoms with Crippen LogP contribution in [0.2, 0.25) is 20.1 Å². The van der Waals surface area contributed by atoms with Crippen molar-refractivity contribution in [3.8, 4) is 0 Å². The first-order chi connectivity index (χ1) is 17.2. The number of halogens is 4. The topological polar surface area (TPSA) is 49.4 Å². The van der Waals surface area contributed by atoms with Crippen LogP contribution >= 0.6 is 46.4 Å². The third kappa shape index (κ3) is 7.88. The number of hydrogen-bond acceptors (Lipinski definition) is 2. The molecular formula is C28H28Cl4N2O2. The predicted octanol–water partition coefficient (Wildman–Crippen LogP) is 7.40. The maximum Gasteiger partial charge on any atom is 0.243 e. The van der Waals surface area contributed by atoms with Crippen LogP contribution in [0.25, 0.3) is 0 Å². The van der Waals surface area contributed by atoms with Gasteiger partial charge in [0.25, 0.3) is 0 Å². The molecule has 0 aromatic heterocycles. The van der Waals surface area contributed by atoms with E-state index in [9.17, 15) is 9.59 Å². The van der Waals surface area contributed by atoms with E-state index in [0.717, 1.165) is 12.0 Å². The van der Waals surface area contributed by atoms with Crippen molar-refractivity contribution in [1.29, 1.82) is 0 Å². The first kappa shape index (κ1) is 28.3. The van der Waals surface area contributed by atoms with E-state index in [2.05, 4.69) is 5.32 Å². The molecule has 0 spiro atoms. The molecule has 1 N–H and O–H groups in total. The Kier molecular flexibility index (Phi) is 10.5. The van der Waals surface area contributed by atoms with E-state index in [-0.39, 0.29) is 30.8 Å². The Morgan fingerprint density at radius 2 is 1.58 bits per heavy atom. The normalized spacial score (nSPS) is 12.6. The van der Waals surface area contributed by atoms with E-state index in [0.29, 0.717) is 37.6 Å². The monoisotopic (exact) mass is 564 g/mol. The molecule has 0 saturated heterocycles. The summed E-state index contributed by atoms with van der Waals surface area (Å²) in [7, 11) is 0. The largest absolute Gasteiger partial charge is 0.352 e. The second-order valence-corrected chi connectivity index (χ2v) is 10.4. The van der Waals surface area contributed by atoms with Crippen LogP contribution in [0.1, 0.15) is 37.0 Å². The molecule has 3 aromatic carbocycles. The molecule has 3 rings (SSSR count). The molecule has 4 nitrogen and oxygen atoms in total. The van der Waals surface area contributed by atoms with Crippen molar-refractivity contribution in [2.45, 2.75) is 51.7 Å². The summed E-state index contributed by atoms with van der Waals surface area (Å²) in [6, 6.07) is 19.0. The number of nitrogens with zero attached hydrogens (tertiary/aromatic N) is 1. The zero-order chi connectivity index (χ0) is 26.2. The molecule has 0 radical (unpaired) electrons. The van der Waals surface area contributed by atoms with Crippen molar-refractivity contribution in [1.82, 2.24) is 10.2 Å². The Morgan fingerprint density at radius 1 is 0.861 bits per heavy atom. The standard InChI is InChI=1S/C28H28Cl4N2O2/c1-3-18(2)33-28(36)26(14-19-7-5-4-6-8-19)34(17-21-10-11-22(29)16-24(21)31)27(35)15-20-9-12-23(30)25(32)13-20/h4-13,16,18,26H,3,14-15,17H2,1-2H3,(H,33,36)/t18-,26+/m1/s1. The maximum absolute atomic E-state index is 13.8. The van der Waals surface area contributed by atoms with Gasteiger partial charge in [0.05, 0.1) is 16.5 Å². The Morgan fingerprint density at radius 3 is 2.22 bits per heavy atom. The fourth-order valence-electron chi connectivity index (χ4n) is 3.75. The van der Waals surface area contributed by atoms with E-state index in [1.165, 1.54) is 0 Å². The first-order valence-electron chi connectivity index (χ1n) is 11.7. The Labute approximate surface area is 232 Å². The minimum Gasteiger partial charge on any atom is -0.352 e. The lowest BCUT2D eigenvalue weighted by molar-refractivity contribution is -0.141. The Hall–Kier alpha value is -2.24. The zero-order valence-corrected chi connectivity index (χ0v) is 23.1. The van der Waals surface area contributed by atoms with Crippen LogP contribution in [0, 0.1) is 0 Å². The molecule has 36 heavy (non-hydrogen) atoms. The lowest BCUT2D eigenvalue weighted by Gasteiger charge is -2.32. The molecule has 190 valence electrons. The highest BCUT2D eigenvalue weighted by Crippen LogP contribution is 2.26. The quantitative estimate of drug-likeness (QED) is 0.278. The third-order valence-electron chi connectivity index (χ3n) is 5.97. The highest BCUT2D eigenvalue weighted by atomic mass is 35.5. The van der Waals surface area contributed by atoms with E-state index >= 15 is 0 Å². The molecule has 0 aliphatic carbocycles. The number of carbonyl (C=O) groups is 2. The lowest BCUT2D eigenvalue weighted by Crippen LogP contribution is -2.52. The second kappa shape index (κ2) is 13.3. The highest BCUT2D eigenvalue weighted by Gasteiger charge is 2.31. The number of carbonyl (C=O) groups excluding carboxylic acids is 2. The van der Waals surface area contributed by atoms with Crippen LogP contribution in [-0.2, 0) is 29.0 Å². The number of benzene rings is 3. The minimum atomic E-state index is -0.761. The van der Waals surface area contributed by atoms with E-state index < -0.39 is 6.04 Å². The summed E-state index contributed by atoms with van der Waals surface area (Å²) in [5, 5.41) is 4.74. The summed E-state index contributed by atoms with van der Waals surface area (Å²) < 4.78 is 0. The van der Waals surface area contributed by atoms with Gasteiger partial charge in [-0.1, -0.05) is 95.8 Å². The van der Waals surface area contributed by atoms with Crippen LogP contribution in [-0.4, -0.2) is 28.8 Å². The van der Waals surface area contributed by atoms with Gasteiger partial charge in [0, 0.05) is 29.1 Å².